The number of aryl methyl sites for hydroxylation is 1. The van der Waals surface area contributed by atoms with Gasteiger partial charge < -0.3 is 9.30 Å². The number of alkyl halides is 1. The van der Waals surface area contributed by atoms with Gasteiger partial charge in [-0.2, -0.15) is 0 Å². The second-order valence-corrected chi connectivity index (χ2v) is 6.44. The summed E-state index contributed by atoms with van der Waals surface area (Å²) in [5.41, 5.74) is 2.17. The average Bonchev–Trinajstić information content (AvgIpc) is 2.86. The van der Waals surface area contributed by atoms with E-state index in [1.54, 1.807) is 0 Å². The summed E-state index contributed by atoms with van der Waals surface area (Å²) in [6, 6.07) is 6.17. The molecule has 0 amide bonds. The minimum absolute atomic E-state index is 0.448. The normalized spacial score (nSPS) is 16.7. The van der Waals surface area contributed by atoms with E-state index in [9.17, 15) is 0 Å². The van der Waals surface area contributed by atoms with E-state index in [1.807, 2.05) is 12.1 Å². The fourth-order valence-corrected chi connectivity index (χ4v) is 3.33. The Labute approximate surface area is 138 Å². The molecule has 0 N–H and O–H groups in total. The van der Waals surface area contributed by atoms with Gasteiger partial charge in [-0.25, -0.2) is 4.98 Å². The summed E-state index contributed by atoms with van der Waals surface area (Å²) in [4.78, 5) is 7.07. The number of rotatable bonds is 5. The molecular formula is C15H19BrClN3O. The van der Waals surface area contributed by atoms with Crippen LogP contribution in [0.15, 0.2) is 22.7 Å². The Bertz CT molecular complexity index is 610. The molecule has 1 saturated heterocycles. The van der Waals surface area contributed by atoms with Gasteiger partial charge in [0.2, 0.25) is 0 Å². The van der Waals surface area contributed by atoms with Gasteiger partial charge in [-0.1, -0.05) is 15.9 Å². The third-order valence-electron chi connectivity index (χ3n) is 3.87. The Morgan fingerprint density at radius 2 is 2.05 bits per heavy atom. The third kappa shape index (κ3) is 3.59. The lowest BCUT2D eigenvalue weighted by molar-refractivity contribution is 0.0369. The zero-order valence-electron chi connectivity index (χ0n) is 11.9. The average molecular weight is 373 g/mol. The van der Waals surface area contributed by atoms with Gasteiger partial charge in [0.1, 0.15) is 5.82 Å². The molecule has 1 fully saturated rings. The van der Waals surface area contributed by atoms with Crippen LogP contribution >= 0.6 is 27.5 Å². The van der Waals surface area contributed by atoms with Crippen molar-refractivity contribution in [1.82, 2.24) is 14.5 Å². The molecule has 4 nitrogen and oxygen atoms in total. The molecule has 0 aliphatic carbocycles. The first-order valence-electron chi connectivity index (χ1n) is 7.28. The maximum absolute atomic E-state index is 6.05. The highest BCUT2D eigenvalue weighted by Crippen LogP contribution is 2.22. The molecule has 2 aromatic rings. The van der Waals surface area contributed by atoms with Crippen LogP contribution in [0.4, 0.5) is 0 Å². The lowest BCUT2D eigenvalue weighted by Gasteiger charge is -2.26. The molecule has 114 valence electrons. The van der Waals surface area contributed by atoms with E-state index in [-0.39, 0.29) is 0 Å². The molecule has 1 aromatic heterocycles. The lowest BCUT2D eigenvalue weighted by atomic mass is 10.3. The molecule has 0 unspecified atom stereocenters. The van der Waals surface area contributed by atoms with E-state index in [0.29, 0.717) is 5.88 Å². The van der Waals surface area contributed by atoms with Gasteiger partial charge in [-0.15, -0.1) is 11.6 Å². The van der Waals surface area contributed by atoms with Crippen molar-refractivity contribution in [2.45, 2.75) is 18.8 Å². The van der Waals surface area contributed by atoms with Gasteiger partial charge >= 0.3 is 0 Å². The zero-order valence-corrected chi connectivity index (χ0v) is 14.2. The molecule has 0 spiro atoms. The molecule has 1 aromatic carbocycles. The molecule has 6 heteroatoms. The van der Waals surface area contributed by atoms with E-state index >= 15 is 0 Å². The first kappa shape index (κ1) is 15.3. The number of hydrogen-bond donors (Lipinski definition) is 0. The van der Waals surface area contributed by atoms with Crippen LogP contribution in [0.1, 0.15) is 12.2 Å². The van der Waals surface area contributed by atoms with Crippen molar-refractivity contribution in [3.63, 3.8) is 0 Å². The smallest absolute Gasteiger partial charge is 0.124 e. The number of halogens is 2. The van der Waals surface area contributed by atoms with Gasteiger partial charge in [-0.3, -0.25) is 4.90 Å². The van der Waals surface area contributed by atoms with Gasteiger partial charge in [-0.05, 0) is 24.6 Å². The number of benzene rings is 1. The molecule has 2 heterocycles. The molecule has 0 bridgehead atoms. The fourth-order valence-electron chi connectivity index (χ4n) is 2.77. The predicted octanol–water partition coefficient (Wildman–Crippen LogP) is 3.26. The van der Waals surface area contributed by atoms with Crippen molar-refractivity contribution in [2.24, 2.45) is 0 Å². The molecule has 0 saturated carbocycles. The van der Waals surface area contributed by atoms with Crippen molar-refractivity contribution < 1.29 is 4.74 Å². The van der Waals surface area contributed by atoms with Crippen LogP contribution in [0, 0.1) is 0 Å². The first-order valence-corrected chi connectivity index (χ1v) is 8.61. The summed E-state index contributed by atoms with van der Waals surface area (Å²) >= 11 is 9.58. The highest BCUT2D eigenvalue weighted by atomic mass is 79.9. The molecule has 0 atom stereocenters. The zero-order chi connectivity index (χ0) is 14.7. The Balaban J connectivity index is 1.71. The van der Waals surface area contributed by atoms with Crippen LogP contribution in [0.5, 0.6) is 0 Å². The lowest BCUT2D eigenvalue weighted by Crippen LogP contribution is -2.37. The molecule has 21 heavy (non-hydrogen) atoms. The van der Waals surface area contributed by atoms with Gasteiger partial charge in [0.05, 0.1) is 30.1 Å². The Hall–Kier alpha value is -0.620. The summed E-state index contributed by atoms with van der Waals surface area (Å²) < 4.78 is 8.70. The molecule has 3 rings (SSSR count). The van der Waals surface area contributed by atoms with Crippen molar-refractivity contribution >= 4 is 38.6 Å². The van der Waals surface area contributed by atoms with E-state index in [1.165, 1.54) is 0 Å². The van der Waals surface area contributed by atoms with Crippen LogP contribution < -0.4 is 0 Å². The van der Waals surface area contributed by atoms with Gasteiger partial charge in [0.25, 0.3) is 0 Å². The largest absolute Gasteiger partial charge is 0.379 e. The number of ether oxygens (including phenoxy) is 1. The van der Waals surface area contributed by atoms with E-state index < -0.39 is 0 Å². The summed E-state index contributed by atoms with van der Waals surface area (Å²) in [6.07, 6.45) is 1.10. The number of nitrogens with zero attached hydrogens (tertiary/aromatic N) is 3. The monoisotopic (exact) mass is 371 g/mol. The number of imidazole rings is 1. The SMILES string of the molecule is ClCc1nc2ccc(Br)cc2n1CCCN1CCOCC1. The minimum Gasteiger partial charge on any atom is -0.379 e. The van der Waals surface area contributed by atoms with E-state index in [4.69, 9.17) is 16.3 Å². The number of morpholine rings is 1. The van der Waals surface area contributed by atoms with Gasteiger partial charge in [0.15, 0.2) is 0 Å². The van der Waals surface area contributed by atoms with Crippen LogP contribution in [0.2, 0.25) is 0 Å². The number of fused-ring (bicyclic) bond motifs is 1. The number of aromatic nitrogens is 2. The van der Waals surface area contributed by atoms with Crippen LogP contribution in [-0.4, -0.2) is 47.3 Å². The topological polar surface area (TPSA) is 30.3 Å². The van der Waals surface area contributed by atoms with Crippen molar-refractivity contribution in [1.29, 1.82) is 0 Å². The summed E-state index contributed by atoms with van der Waals surface area (Å²) in [6.45, 7) is 5.84. The van der Waals surface area contributed by atoms with Crippen LogP contribution in [-0.2, 0) is 17.2 Å². The maximum Gasteiger partial charge on any atom is 0.124 e. The predicted molar refractivity (Wildman–Crippen MR) is 88.9 cm³/mol. The highest BCUT2D eigenvalue weighted by molar-refractivity contribution is 9.10. The fraction of sp³-hybridized carbons (Fsp3) is 0.533. The minimum atomic E-state index is 0.448. The second-order valence-electron chi connectivity index (χ2n) is 5.25. The highest BCUT2D eigenvalue weighted by Gasteiger charge is 2.12. The van der Waals surface area contributed by atoms with E-state index in [2.05, 4.69) is 36.4 Å². The molecular weight excluding hydrogens is 354 g/mol. The molecule has 0 radical (unpaired) electrons. The van der Waals surface area contributed by atoms with Gasteiger partial charge in [0, 0.05) is 30.7 Å². The molecule has 1 aliphatic rings. The summed E-state index contributed by atoms with van der Waals surface area (Å²) in [5, 5.41) is 0. The summed E-state index contributed by atoms with van der Waals surface area (Å²) in [7, 11) is 0. The van der Waals surface area contributed by atoms with Crippen molar-refractivity contribution in [3.05, 3.63) is 28.5 Å². The molecule has 1 aliphatic heterocycles. The van der Waals surface area contributed by atoms with Crippen LogP contribution in [0.3, 0.4) is 0 Å². The standard InChI is InChI=1S/C15H19BrClN3O/c16-12-2-3-13-14(10-12)20(15(11-17)18-13)5-1-4-19-6-8-21-9-7-19/h2-3,10H,1,4-9,11H2. The maximum atomic E-state index is 6.05. The Morgan fingerprint density at radius 3 is 2.81 bits per heavy atom. The second kappa shape index (κ2) is 7.09. The summed E-state index contributed by atoms with van der Waals surface area (Å²) in [5.74, 6) is 1.40. The van der Waals surface area contributed by atoms with Crippen LogP contribution in [0.25, 0.3) is 11.0 Å². The third-order valence-corrected chi connectivity index (χ3v) is 4.60. The van der Waals surface area contributed by atoms with Crippen molar-refractivity contribution in [2.75, 3.05) is 32.8 Å². The van der Waals surface area contributed by atoms with Crippen molar-refractivity contribution in [3.8, 4) is 0 Å². The van der Waals surface area contributed by atoms with E-state index in [0.717, 1.165) is 67.1 Å². The Morgan fingerprint density at radius 1 is 1.24 bits per heavy atom. The quantitative estimate of drug-likeness (QED) is 0.755. The Kier molecular flexibility index (Phi) is 5.16. The first-order chi connectivity index (χ1) is 10.3. The number of hydrogen-bond acceptors (Lipinski definition) is 3.